The zero-order chi connectivity index (χ0) is 16.4. The van der Waals surface area contributed by atoms with Crippen molar-refractivity contribution in [1.29, 1.82) is 0 Å². The number of nitrogens with one attached hydrogen (secondary N) is 2. The molecule has 1 aliphatic carbocycles. The summed E-state index contributed by atoms with van der Waals surface area (Å²) in [6.07, 6.45) is 3.49. The third kappa shape index (κ3) is 3.34. The second kappa shape index (κ2) is 6.37. The Morgan fingerprint density at radius 1 is 1.48 bits per heavy atom. The van der Waals surface area contributed by atoms with Crippen molar-refractivity contribution in [2.45, 2.75) is 25.3 Å². The average molecular weight is 335 g/mol. The third-order valence-corrected chi connectivity index (χ3v) is 3.98. The normalized spacial score (nSPS) is 13.7. The monoisotopic (exact) mass is 334 g/mol. The number of rotatable bonds is 5. The van der Waals surface area contributed by atoms with Gasteiger partial charge in [0.25, 0.3) is 5.56 Å². The van der Waals surface area contributed by atoms with E-state index in [0.717, 1.165) is 24.2 Å². The fraction of sp³-hybridized carbons (Fsp3) is 0.333. The van der Waals surface area contributed by atoms with Crippen LogP contribution in [0, 0.1) is 0 Å². The van der Waals surface area contributed by atoms with Gasteiger partial charge in [-0.15, -0.1) is 0 Å². The molecule has 0 aromatic carbocycles. The molecule has 2 aromatic rings. The molecule has 120 valence electrons. The Hall–Kier alpha value is -2.41. The van der Waals surface area contributed by atoms with Crippen LogP contribution in [0.5, 0.6) is 0 Å². The first-order valence-corrected chi connectivity index (χ1v) is 7.53. The number of esters is 1. The zero-order valence-electron chi connectivity index (χ0n) is 12.4. The summed E-state index contributed by atoms with van der Waals surface area (Å²) in [4.78, 5) is 27.8. The lowest BCUT2D eigenvalue weighted by atomic mass is 10.1. The number of halogens is 1. The van der Waals surface area contributed by atoms with Crippen molar-refractivity contribution in [3.05, 3.63) is 50.7 Å². The topological polar surface area (TPSA) is 97.0 Å². The van der Waals surface area contributed by atoms with E-state index in [2.05, 4.69) is 20.5 Å². The van der Waals surface area contributed by atoms with Crippen molar-refractivity contribution < 1.29 is 9.53 Å². The molecule has 0 unspecified atom stereocenters. The number of carbonyl (C=O) groups excluding carboxylic acids is 1. The Morgan fingerprint density at radius 2 is 2.26 bits per heavy atom. The summed E-state index contributed by atoms with van der Waals surface area (Å²) in [5.74, 6) is -0.0605. The molecule has 0 atom stereocenters. The second-order valence-corrected chi connectivity index (χ2v) is 5.66. The van der Waals surface area contributed by atoms with E-state index in [4.69, 9.17) is 16.3 Å². The molecular formula is C15H15ClN4O3. The van der Waals surface area contributed by atoms with Gasteiger partial charge < -0.3 is 10.1 Å². The summed E-state index contributed by atoms with van der Waals surface area (Å²) in [6.45, 7) is 0.367. The molecule has 7 nitrogen and oxygen atoms in total. The Kier molecular flexibility index (Phi) is 4.29. The largest absolute Gasteiger partial charge is 0.465 e. The lowest BCUT2D eigenvalue weighted by Crippen LogP contribution is -2.13. The SMILES string of the molecule is COC(=O)c1ccc(CNc2cn[nH]c(=O)c2Cl)nc1C1CC1. The third-order valence-electron chi connectivity index (χ3n) is 3.61. The molecular weight excluding hydrogens is 320 g/mol. The zero-order valence-corrected chi connectivity index (χ0v) is 13.2. The number of hydrogen-bond acceptors (Lipinski definition) is 6. The Morgan fingerprint density at radius 3 is 2.96 bits per heavy atom. The van der Waals surface area contributed by atoms with Gasteiger partial charge in [-0.25, -0.2) is 9.89 Å². The van der Waals surface area contributed by atoms with Gasteiger partial charge in [0.2, 0.25) is 0 Å². The lowest BCUT2D eigenvalue weighted by molar-refractivity contribution is 0.0599. The molecule has 0 spiro atoms. The minimum atomic E-state index is -0.454. The molecule has 0 radical (unpaired) electrons. The van der Waals surface area contributed by atoms with Gasteiger partial charge in [0.1, 0.15) is 5.02 Å². The number of carbonyl (C=O) groups is 1. The highest BCUT2D eigenvalue weighted by Gasteiger charge is 2.30. The predicted molar refractivity (Wildman–Crippen MR) is 84.7 cm³/mol. The first-order valence-electron chi connectivity index (χ1n) is 7.15. The van der Waals surface area contributed by atoms with Gasteiger partial charge in [0.05, 0.1) is 42.5 Å². The van der Waals surface area contributed by atoms with Crippen molar-refractivity contribution in [2.75, 3.05) is 12.4 Å². The van der Waals surface area contributed by atoms with Crippen LogP contribution in [0.4, 0.5) is 5.69 Å². The predicted octanol–water partition coefficient (Wildman–Crippen LogP) is 2.09. The van der Waals surface area contributed by atoms with E-state index >= 15 is 0 Å². The standard InChI is InChI=1S/C15H15ClN4O3/c1-23-15(22)10-5-4-9(19-13(10)8-2-3-8)6-17-11-7-18-20-14(21)12(11)16/h4-5,7-8H,2-3,6H2,1H3,(H2,17,20,21). The van der Waals surface area contributed by atoms with E-state index in [1.54, 1.807) is 12.1 Å². The number of anilines is 1. The van der Waals surface area contributed by atoms with Gasteiger partial charge in [-0.1, -0.05) is 11.6 Å². The molecule has 2 N–H and O–H groups in total. The van der Waals surface area contributed by atoms with E-state index in [1.807, 2.05) is 0 Å². The fourth-order valence-electron chi connectivity index (χ4n) is 2.26. The van der Waals surface area contributed by atoms with Gasteiger partial charge in [-0.3, -0.25) is 9.78 Å². The summed E-state index contributed by atoms with van der Waals surface area (Å²) in [5, 5.41) is 9.02. The van der Waals surface area contributed by atoms with Crippen LogP contribution in [-0.4, -0.2) is 28.3 Å². The van der Waals surface area contributed by atoms with Crippen LogP contribution in [0.1, 0.15) is 40.5 Å². The van der Waals surface area contributed by atoms with Crippen LogP contribution >= 0.6 is 11.6 Å². The summed E-state index contributed by atoms with van der Waals surface area (Å²) in [7, 11) is 1.36. The van der Waals surface area contributed by atoms with Crippen LogP contribution in [0.3, 0.4) is 0 Å². The minimum Gasteiger partial charge on any atom is -0.465 e. The van der Waals surface area contributed by atoms with Crippen LogP contribution < -0.4 is 10.9 Å². The minimum absolute atomic E-state index is 0.0496. The lowest BCUT2D eigenvalue weighted by Gasteiger charge is -2.10. The maximum absolute atomic E-state index is 11.8. The number of H-pyrrole nitrogens is 1. The number of pyridine rings is 1. The van der Waals surface area contributed by atoms with Crippen LogP contribution in [0.2, 0.25) is 5.02 Å². The average Bonchev–Trinajstić information content (AvgIpc) is 3.40. The molecule has 1 aliphatic rings. The van der Waals surface area contributed by atoms with Crippen molar-refractivity contribution in [3.8, 4) is 0 Å². The van der Waals surface area contributed by atoms with Gasteiger partial charge in [0.15, 0.2) is 0 Å². The fourth-order valence-corrected chi connectivity index (χ4v) is 2.42. The highest BCUT2D eigenvalue weighted by atomic mass is 35.5. The maximum atomic E-state index is 11.8. The molecule has 1 saturated carbocycles. The van der Waals surface area contributed by atoms with E-state index in [-0.39, 0.29) is 11.0 Å². The Balaban J connectivity index is 1.81. The van der Waals surface area contributed by atoms with E-state index in [9.17, 15) is 9.59 Å². The van der Waals surface area contributed by atoms with Gasteiger partial charge in [-0.2, -0.15) is 5.10 Å². The number of ether oxygens (including phenoxy) is 1. The van der Waals surface area contributed by atoms with Gasteiger partial charge in [-0.05, 0) is 25.0 Å². The smallest absolute Gasteiger partial charge is 0.339 e. The number of hydrogen-bond donors (Lipinski definition) is 2. The summed E-state index contributed by atoms with van der Waals surface area (Å²) in [5.41, 5.74) is 2.00. The van der Waals surface area contributed by atoms with Gasteiger partial charge >= 0.3 is 5.97 Å². The number of methoxy groups -OCH3 is 1. The highest BCUT2D eigenvalue weighted by Crippen LogP contribution is 2.40. The van der Waals surface area contributed by atoms with Crippen LogP contribution in [-0.2, 0) is 11.3 Å². The number of aromatic amines is 1. The first kappa shape index (κ1) is 15.5. The molecule has 0 aliphatic heterocycles. The van der Waals surface area contributed by atoms with Crippen molar-refractivity contribution in [3.63, 3.8) is 0 Å². The summed E-state index contributed by atoms with van der Waals surface area (Å²) in [6, 6.07) is 3.47. The molecule has 0 amide bonds. The highest BCUT2D eigenvalue weighted by molar-refractivity contribution is 6.32. The molecule has 2 aromatic heterocycles. The quantitative estimate of drug-likeness (QED) is 0.813. The molecule has 0 saturated heterocycles. The van der Waals surface area contributed by atoms with Crippen molar-refractivity contribution in [2.24, 2.45) is 0 Å². The molecule has 3 rings (SSSR count). The first-order chi connectivity index (χ1) is 11.1. The van der Waals surface area contributed by atoms with E-state index in [0.29, 0.717) is 23.7 Å². The van der Waals surface area contributed by atoms with E-state index < -0.39 is 5.56 Å². The van der Waals surface area contributed by atoms with Crippen LogP contribution in [0.15, 0.2) is 23.1 Å². The van der Waals surface area contributed by atoms with Gasteiger partial charge in [0, 0.05) is 5.92 Å². The maximum Gasteiger partial charge on any atom is 0.339 e. The van der Waals surface area contributed by atoms with Crippen molar-refractivity contribution in [1.82, 2.24) is 15.2 Å². The summed E-state index contributed by atoms with van der Waals surface area (Å²) >= 11 is 5.91. The summed E-state index contributed by atoms with van der Waals surface area (Å²) < 4.78 is 4.79. The molecule has 23 heavy (non-hydrogen) atoms. The van der Waals surface area contributed by atoms with Crippen LogP contribution in [0.25, 0.3) is 0 Å². The number of nitrogens with zero attached hydrogens (tertiary/aromatic N) is 2. The second-order valence-electron chi connectivity index (χ2n) is 5.28. The Labute approximate surface area is 137 Å². The molecule has 2 heterocycles. The molecule has 0 bridgehead atoms. The van der Waals surface area contributed by atoms with Crippen molar-refractivity contribution >= 4 is 23.3 Å². The Bertz CT molecular complexity index is 802. The van der Waals surface area contributed by atoms with E-state index in [1.165, 1.54) is 13.3 Å². The molecule has 1 fully saturated rings. The molecule has 8 heteroatoms. The number of aromatic nitrogens is 3.